The highest BCUT2D eigenvalue weighted by atomic mass is 35.5. The van der Waals surface area contributed by atoms with E-state index in [0.717, 1.165) is 23.7 Å². The lowest BCUT2D eigenvalue weighted by molar-refractivity contribution is -0.121. The molecule has 0 bridgehead atoms. The number of halogens is 2. The second kappa shape index (κ2) is 13.2. The summed E-state index contributed by atoms with van der Waals surface area (Å²) in [6.45, 7) is 8.95. The summed E-state index contributed by atoms with van der Waals surface area (Å²) >= 11 is 0. The fraction of sp³-hybridized carbons (Fsp3) is 0.650. The average molecular weight is 404 g/mol. The molecule has 1 aliphatic rings. The molecular weight excluding hydrogens is 369 g/mol. The van der Waals surface area contributed by atoms with Crippen molar-refractivity contribution in [1.29, 1.82) is 0 Å². The largest absolute Gasteiger partial charge is 0.399 e. The maximum absolute atomic E-state index is 12.0. The van der Waals surface area contributed by atoms with E-state index in [1.54, 1.807) is 0 Å². The van der Waals surface area contributed by atoms with Gasteiger partial charge >= 0.3 is 0 Å². The number of anilines is 1. The number of nitrogens with two attached hydrogens (primary N) is 1. The van der Waals surface area contributed by atoms with Crippen LogP contribution in [0.4, 0.5) is 5.69 Å². The van der Waals surface area contributed by atoms with E-state index in [-0.39, 0.29) is 30.7 Å². The molecule has 0 aliphatic carbocycles. The summed E-state index contributed by atoms with van der Waals surface area (Å²) in [5.74, 6) is 1.55. The van der Waals surface area contributed by atoms with Crippen LogP contribution in [-0.4, -0.2) is 37.0 Å². The van der Waals surface area contributed by atoms with Gasteiger partial charge in [0.05, 0.1) is 0 Å². The molecule has 1 fully saturated rings. The predicted octanol–water partition coefficient (Wildman–Crippen LogP) is 3.92. The number of piperidine rings is 1. The molecule has 1 aromatic rings. The molecule has 0 spiro atoms. The van der Waals surface area contributed by atoms with Crippen LogP contribution >= 0.6 is 24.8 Å². The molecule has 6 heteroatoms. The van der Waals surface area contributed by atoms with Gasteiger partial charge in [-0.1, -0.05) is 32.0 Å². The van der Waals surface area contributed by atoms with E-state index in [1.165, 1.54) is 38.9 Å². The smallest absolute Gasteiger partial charge is 0.220 e. The molecule has 0 radical (unpaired) electrons. The fourth-order valence-electron chi connectivity index (χ4n) is 3.21. The molecule has 3 N–H and O–H groups in total. The van der Waals surface area contributed by atoms with Gasteiger partial charge in [0, 0.05) is 18.7 Å². The predicted molar refractivity (Wildman–Crippen MR) is 115 cm³/mol. The van der Waals surface area contributed by atoms with Gasteiger partial charge in [0.15, 0.2) is 0 Å². The zero-order chi connectivity index (χ0) is 17.4. The Hall–Kier alpha value is -0.970. The number of rotatable bonds is 8. The van der Waals surface area contributed by atoms with Crippen molar-refractivity contribution >= 4 is 36.4 Å². The maximum Gasteiger partial charge on any atom is 0.220 e. The number of amides is 1. The number of hydrogen-bond donors (Lipinski definition) is 2. The van der Waals surface area contributed by atoms with Gasteiger partial charge in [-0.2, -0.15) is 0 Å². The Morgan fingerprint density at radius 1 is 1.23 bits per heavy atom. The summed E-state index contributed by atoms with van der Waals surface area (Å²) in [5.41, 5.74) is 7.76. The van der Waals surface area contributed by atoms with Crippen molar-refractivity contribution in [2.45, 2.75) is 46.0 Å². The summed E-state index contributed by atoms with van der Waals surface area (Å²) in [5, 5.41) is 3.11. The number of aryl methyl sites for hydroxylation is 1. The zero-order valence-electron chi connectivity index (χ0n) is 16.1. The molecule has 0 saturated carbocycles. The lowest BCUT2D eigenvalue weighted by Crippen LogP contribution is -2.39. The first kappa shape index (κ1) is 25.0. The second-order valence-corrected chi connectivity index (χ2v) is 7.47. The van der Waals surface area contributed by atoms with Crippen molar-refractivity contribution in [2.24, 2.45) is 11.8 Å². The number of carbonyl (C=O) groups is 1. The van der Waals surface area contributed by atoms with Gasteiger partial charge in [0.2, 0.25) is 5.91 Å². The highest BCUT2D eigenvalue weighted by Gasteiger charge is 2.19. The van der Waals surface area contributed by atoms with Gasteiger partial charge in [-0.05, 0) is 68.8 Å². The standard InChI is InChI=1S/C20H33N3O.2ClH/c1-16(2)9-12-23-13-10-17(11-14-23)15-22-20(24)8-7-18-5-3-4-6-19(18)21;;/h3-6,16-17H,7-15,21H2,1-2H3,(H,22,24);2*1H. The summed E-state index contributed by atoms with van der Waals surface area (Å²) in [6.07, 6.45) is 4.91. The summed E-state index contributed by atoms with van der Waals surface area (Å²) in [6, 6.07) is 7.78. The van der Waals surface area contributed by atoms with Gasteiger partial charge in [-0.25, -0.2) is 0 Å². The Labute approximate surface area is 171 Å². The van der Waals surface area contributed by atoms with Crippen LogP contribution in [0.25, 0.3) is 0 Å². The SMILES string of the molecule is CC(C)CCN1CCC(CNC(=O)CCc2ccccc2N)CC1.Cl.Cl. The Morgan fingerprint density at radius 2 is 1.88 bits per heavy atom. The highest BCUT2D eigenvalue weighted by molar-refractivity contribution is 5.85. The minimum absolute atomic E-state index is 0. The van der Waals surface area contributed by atoms with Gasteiger partial charge in [0.25, 0.3) is 0 Å². The third kappa shape index (κ3) is 9.11. The van der Waals surface area contributed by atoms with E-state index in [9.17, 15) is 4.79 Å². The number of nitrogens with zero attached hydrogens (tertiary/aromatic N) is 1. The lowest BCUT2D eigenvalue weighted by atomic mass is 9.96. The molecule has 1 amide bonds. The minimum atomic E-state index is 0. The molecule has 2 rings (SSSR count). The third-order valence-electron chi connectivity index (χ3n) is 4.99. The van der Waals surface area contributed by atoms with E-state index in [0.29, 0.717) is 18.8 Å². The molecule has 1 heterocycles. The molecule has 0 atom stereocenters. The van der Waals surface area contributed by atoms with Crippen LogP contribution < -0.4 is 11.1 Å². The Balaban J connectivity index is 0.00000312. The second-order valence-electron chi connectivity index (χ2n) is 7.47. The number of nitrogens with one attached hydrogen (secondary N) is 1. The van der Waals surface area contributed by atoms with Crippen molar-refractivity contribution in [3.8, 4) is 0 Å². The van der Waals surface area contributed by atoms with Crippen LogP contribution in [0.5, 0.6) is 0 Å². The van der Waals surface area contributed by atoms with Crippen LogP contribution in [0, 0.1) is 11.8 Å². The lowest BCUT2D eigenvalue weighted by Gasteiger charge is -2.32. The van der Waals surface area contributed by atoms with E-state index >= 15 is 0 Å². The number of nitrogen functional groups attached to an aromatic ring is 1. The van der Waals surface area contributed by atoms with Crippen LogP contribution in [0.3, 0.4) is 0 Å². The quantitative estimate of drug-likeness (QED) is 0.646. The Bertz CT molecular complexity index is 518. The topological polar surface area (TPSA) is 58.4 Å². The van der Waals surface area contributed by atoms with Crippen molar-refractivity contribution in [3.05, 3.63) is 29.8 Å². The first-order valence-corrected chi connectivity index (χ1v) is 9.37. The molecule has 1 saturated heterocycles. The number of carbonyl (C=O) groups excluding carboxylic acids is 1. The third-order valence-corrected chi connectivity index (χ3v) is 4.99. The molecule has 1 aliphatic heterocycles. The van der Waals surface area contributed by atoms with Crippen LogP contribution in [0.15, 0.2) is 24.3 Å². The van der Waals surface area contributed by atoms with Crippen molar-refractivity contribution in [1.82, 2.24) is 10.2 Å². The number of hydrogen-bond acceptors (Lipinski definition) is 3. The monoisotopic (exact) mass is 403 g/mol. The van der Waals surface area contributed by atoms with E-state index in [1.807, 2.05) is 24.3 Å². The molecule has 0 aromatic heterocycles. The molecule has 4 nitrogen and oxygen atoms in total. The molecule has 1 aromatic carbocycles. The van der Waals surface area contributed by atoms with Crippen LogP contribution in [0.1, 0.15) is 45.1 Å². The summed E-state index contributed by atoms with van der Waals surface area (Å²) < 4.78 is 0. The number of benzene rings is 1. The number of para-hydroxylation sites is 1. The van der Waals surface area contributed by atoms with E-state index < -0.39 is 0 Å². The first-order chi connectivity index (χ1) is 11.5. The Kier molecular flexibility index (Phi) is 12.7. The number of likely N-dealkylation sites (tertiary alicyclic amines) is 1. The van der Waals surface area contributed by atoms with E-state index in [4.69, 9.17) is 5.73 Å². The van der Waals surface area contributed by atoms with Crippen molar-refractivity contribution < 1.29 is 4.79 Å². The maximum atomic E-state index is 12.0. The summed E-state index contributed by atoms with van der Waals surface area (Å²) in [7, 11) is 0. The van der Waals surface area contributed by atoms with Crippen LogP contribution in [0.2, 0.25) is 0 Å². The van der Waals surface area contributed by atoms with Gasteiger partial charge in [-0.3, -0.25) is 4.79 Å². The first-order valence-electron chi connectivity index (χ1n) is 9.37. The van der Waals surface area contributed by atoms with E-state index in [2.05, 4.69) is 24.1 Å². The molecule has 0 unspecified atom stereocenters. The Morgan fingerprint density at radius 3 is 2.50 bits per heavy atom. The zero-order valence-corrected chi connectivity index (χ0v) is 17.7. The summed E-state index contributed by atoms with van der Waals surface area (Å²) in [4.78, 5) is 14.6. The van der Waals surface area contributed by atoms with Crippen LogP contribution in [-0.2, 0) is 11.2 Å². The minimum Gasteiger partial charge on any atom is -0.399 e. The van der Waals surface area contributed by atoms with Gasteiger partial charge in [0.1, 0.15) is 0 Å². The average Bonchev–Trinajstić information content (AvgIpc) is 2.58. The molecule has 150 valence electrons. The van der Waals surface area contributed by atoms with Gasteiger partial charge < -0.3 is 16.0 Å². The van der Waals surface area contributed by atoms with Gasteiger partial charge in [-0.15, -0.1) is 24.8 Å². The normalized spacial score (nSPS) is 15.2. The fourth-order valence-corrected chi connectivity index (χ4v) is 3.21. The van der Waals surface area contributed by atoms with Crippen molar-refractivity contribution in [3.63, 3.8) is 0 Å². The molecule has 26 heavy (non-hydrogen) atoms. The van der Waals surface area contributed by atoms with Crippen molar-refractivity contribution in [2.75, 3.05) is 31.9 Å². The molecular formula is C20H35Cl2N3O. The highest BCUT2D eigenvalue weighted by Crippen LogP contribution is 2.17.